The van der Waals surface area contributed by atoms with Gasteiger partial charge in [0, 0.05) is 30.6 Å². The molecule has 0 aliphatic carbocycles. The van der Waals surface area contributed by atoms with Crippen molar-refractivity contribution in [3.05, 3.63) is 59.7 Å². The molecule has 0 spiro atoms. The Bertz CT molecular complexity index is 960. The molecule has 2 aliphatic heterocycles. The fourth-order valence-corrected chi connectivity index (χ4v) is 3.81. The fraction of sp³-hybridized carbons (Fsp3) is 0.333. The van der Waals surface area contributed by atoms with Crippen molar-refractivity contribution in [2.75, 3.05) is 33.4 Å². The van der Waals surface area contributed by atoms with Gasteiger partial charge in [0.15, 0.2) is 17.3 Å². The molecule has 0 unspecified atom stereocenters. The lowest BCUT2D eigenvalue weighted by molar-refractivity contribution is -0.127. The van der Waals surface area contributed by atoms with Crippen molar-refractivity contribution >= 4 is 17.8 Å². The third-order valence-corrected chi connectivity index (χ3v) is 5.52. The highest BCUT2D eigenvalue weighted by Crippen LogP contribution is 2.32. The van der Waals surface area contributed by atoms with Gasteiger partial charge in [-0.1, -0.05) is 12.1 Å². The van der Waals surface area contributed by atoms with E-state index in [2.05, 4.69) is 0 Å². The number of Topliss-reactive ketones (excluding diaryl/α,β-unsaturated/α-hetero) is 1. The van der Waals surface area contributed by atoms with Gasteiger partial charge in [-0.15, -0.1) is 0 Å². The third kappa shape index (κ3) is 4.48. The van der Waals surface area contributed by atoms with Crippen LogP contribution in [0.15, 0.2) is 48.5 Å². The van der Waals surface area contributed by atoms with E-state index in [1.54, 1.807) is 42.4 Å². The predicted octanol–water partition coefficient (Wildman–Crippen LogP) is 3.60. The number of methoxy groups -OCH3 is 1. The van der Waals surface area contributed by atoms with E-state index in [4.69, 9.17) is 14.2 Å². The van der Waals surface area contributed by atoms with Crippen LogP contribution in [0.5, 0.6) is 17.2 Å². The van der Waals surface area contributed by atoms with Crippen molar-refractivity contribution in [3.63, 3.8) is 0 Å². The molecule has 2 aliphatic rings. The molecule has 0 aromatic heterocycles. The van der Waals surface area contributed by atoms with Gasteiger partial charge in [0.05, 0.1) is 7.11 Å². The number of hydrogen-bond donors (Lipinski definition) is 0. The molecule has 6 nitrogen and oxygen atoms in total. The first-order chi connectivity index (χ1) is 14.6. The second-order valence-electron chi connectivity index (χ2n) is 7.43. The van der Waals surface area contributed by atoms with Crippen LogP contribution in [0.25, 0.3) is 6.08 Å². The minimum atomic E-state index is -0.0843. The minimum Gasteiger partial charge on any atom is -0.497 e. The number of rotatable bonds is 5. The molecule has 2 aromatic carbocycles. The summed E-state index contributed by atoms with van der Waals surface area (Å²) in [6.45, 7) is 2.16. The summed E-state index contributed by atoms with van der Waals surface area (Å²) >= 11 is 0. The van der Waals surface area contributed by atoms with Gasteiger partial charge < -0.3 is 19.1 Å². The molecule has 0 atom stereocenters. The summed E-state index contributed by atoms with van der Waals surface area (Å²) in [6.07, 6.45) is 4.69. The predicted molar refractivity (Wildman–Crippen MR) is 113 cm³/mol. The number of hydrogen-bond acceptors (Lipinski definition) is 5. The van der Waals surface area contributed by atoms with Crippen molar-refractivity contribution in [1.29, 1.82) is 0 Å². The van der Waals surface area contributed by atoms with Gasteiger partial charge in [-0.25, -0.2) is 0 Å². The number of ether oxygens (including phenoxy) is 3. The standard InChI is InChI=1S/C24H25NO5/c1-28-20-4-2-3-17(15-20)5-8-23(26)25-11-9-18(10-12-25)24(27)19-6-7-21-22(16-19)30-14-13-29-21/h2-8,15-16,18H,9-14H2,1H3/b8-5+. The fourth-order valence-electron chi connectivity index (χ4n) is 3.81. The summed E-state index contributed by atoms with van der Waals surface area (Å²) in [7, 11) is 1.62. The molecular formula is C24H25NO5. The van der Waals surface area contributed by atoms with Crippen molar-refractivity contribution in [1.82, 2.24) is 4.90 Å². The van der Waals surface area contributed by atoms with E-state index < -0.39 is 0 Å². The largest absolute Gasteiger partial charge is 0.497 e. The topological polar surface area (TPSA) is 65.1 Å². The first-order valence-electron chi connectivity index (χ1n) is 10.2. The summed E-state index contributed by atoms with van der Waals surface area (Å²) in [5, 5.41) is 0. The molecule has 1 amide bonds. The number of nitrogens with zero attached hydrogens (tertiary/aromatic N) is 1. The van der Waals surface area contributed by atoms with Gasteiger partial charge >= 0.3 is 0 Å². The van der Waals surface area contributed by atoms with Gasteiger partial charge in [0.25, 0.3) is 0 Å². The smallest absolute Gasteiger partial charge is 0.246 e. The van der Waals surface area contributed by atoms with Crippen LogP contribution >= 0.6 is 0 Å². The summed E-state index contributed by atoms with van der Waals surface area (Å²) in [4.78, 5) is 27.2. The minimum absolute atomic E-state index is 0.0388. The number of carbonyl (C=O) groups is 2. The van der Waals surface area contributed by atoms with Crippen LogP contribution < -0.4 is 14.2 Å². The van der Waals surface area contributed by atoms with Gasteiger partial charge in [-0.2, -0.15) is 0 Å². The molecule has 1 fully saturated rings. The molecule has 4 rings (SSSR count). The number of carbonyl (C=O) groups excluding carboxylic acids is 2. The van der Waals surface area contributed by atoms with E-state index in [9.17, 15) is 9.59 Å². The Balaban J connectivity index is 1.33. The Morgan fingerprint density at radius 3 is 2.57 bits per heavy atom. The lowest BCUT2D eigenvalue weighted by Crippen LogP contribution is -2.39. The Kier molecular flexibility index (Phi) is 6.02. The Morgan fingerprint density at radius 2 is 1.80 bits per heavy atom. The van der Waals surface area contributed by atoms with Gasteiger partial charge in [-0.05, 0) is 54.8 Å². The molecule has 0 N–H and O–H groups in total. The average Bonchev–Trinajstić information content (AvgIpc) is 2.82. The van der Waals surface area contributed by atoms with Crippen LogP contribution in [0.2, 0.25) is 0 Å². The van der Waals surface area contributed by atoms with Crippen LogP contribution in [-0.4, -0.2) is 50.0 Å². The van der Waals surface area contributed by atoms with E-state index in [0.29, 0.717) is 56.2 Å². The van der Waals surface area contributed by atoms with E-state index in [0.717, 1.165) is 11.3 Å². The number of likely N-dealkylation sites (tertiary alicyclic amines) is 1. The Morgan fingerprint density at radius 1 is 1.03 bits per heavy atom. The number of amides is 1. The van der Waals surface area contributed by atoms with Crippen molar-refractivity contribution in [2.45, 2.75) is 12.8 Å². The summed E-state index contributed by atoms with van der Waals surface area (Å²) in [5.41, 5.74) is 1.55. The van der Waals surface area contributed by atoms with Crippen LogP contribution in [0.1, 0.15) is 28.8 Å². The summed E-state index contributed by atoms with van der Waals surface area (Å²) in [6, 6.07) is 12.9. The number of ketones is 1. The normalized spacial score (nSPS) is 16.5. The summed E-state index contributed by atoms with van der Waals surface area (Å²) < 4.78 is 16.3. The Labute approximate surface area is 176 Å². The zero-order valence-corrected chi connectivity index (χ0v) is 17.0. The van der Waals surface area contributed by atoms with Crippen molar-refractivity contribution < 1.29 is 23.8 Å². The van der Waals surface area contributed by atoms with E-state index in [-0.39, 0.29) is 17.6 Å². The van der Waals surface area contributed by atoms with E-state index in [1.165, 1.54) is 0 Å². The zero-order valence-electron chi connectivity index (χ0n) is 17.0. The van der Waals surface area contributed by atoms with Gasteiger partial charge in [0.1, 0.15) is 19.0 Å². The maximum Gasteiger partial charge on any atom is 0.246 e. The molecule has 2 heterocycles. The quantitative estimate of drug-likeness (QED) is 0.560. The second-order valence-corrected chi connectivity index (χ2v) is 7.43. The first-order valence-corrected chi connectivity index (χ1v) is 10.2. The van der Waals surface area contributed by atoms with E-state index in [1.807, 2.05) is 24.3 Å². The molecule has 0 saturated carbocycles. The zero-order chi connectivity index (χ0) is 20.9. The average molecular weight is 407 g/mol. The molecule has 1 saturated heterocycles. The number of benzene rings is 2. The number of piperidine rings is 1. The number of fused-ring (bicyclic) bond motifs is 1. The molecule has 0 bridgehead atoms. The highest BCUT2D eigenvalue weighted by molar-refractivity contribution is 5.99. The van der Waals surface area contributed by atoms with Gasteiger partial charge in [-0.3, -0.25) is 9.59 Å². The maximum absolute atomic E-state index is 12.9. The lowest BCUT2D eigenvalue weighted by atomic mass is 9.88. The third-order valence-electron chi connectivity index (χ3n) is 5.52. The molecular weight excluding hydrogens is 382 g/mol. The monoisotopic (exact) mass is 407 g/mol. The second kappa shape index (κ2) is 9.03. The van der Waals surface area contributed by atoms with Crippen LogP contribution in [-0.2, 0) is 4.79 Å². The SMILES string of the molecule is COc1cccc(/C=C/C(=O)N2CCC(C(=O)c3ccc4c(c3)OCCO4)CC2)c1. The first kappa shape index (κ1) is 20.0. The molecule has 2 aromatic rings. The summed E-state index contributed by atoms with van der Waals surface area (Å²) in [5.74, 6) is 2.04. The van der Waals surface area contributed by atoms with E-state index >= 15 is 0 Å². The Hall–Kier alpha value is -3.28. The van der Waals surface area contributed by atoms with Crippen LogP contribution in [0.4, 0.5) is 0 Å². The van der Waals surface area contributed by atoms with Gasteiger partial charge in [0.2, 0.25) is 5.91 Å². The molecule has 6 heteroatoms. The molecule has 156 valence electrons. The highest BCUT2D eigenvalue weighted by atomic mass is 16.6. The maximum atomic E-state index is 12.9. The highest BCUT2D eigenvalue weighted by Gasteiger charge is 2.28. The van der Waals surface area contributed by atoms with Crippen LogP contribution in [0, 0.1) is 5.92 Å². The van der Waals surface area contributed by atoms with Crippen LogP contribution in [0.3, 0.4) is 0 Å². The molecule has 30 heavy (non-hydrogen) atoms. The van der Waals surface area contributed by atoms with Crippen molar-refractivity contribution in [2.24, 2.45) is 5.92 Å². The van der Waals surface area contributed by atoms with Crippen molar-refractivity contribution in [3.8, 4) is 17.2 Å². The lowest BCUT2D eigenvalue weighted by Gasteiger charge is -2.30. The molecule has 0 radical (unpaired) electrons.